The van der Waals surface area contributed by atoms with Gasteiger partial charge in [0.15, 0.2) is 0 Å². The molecule has 1 atom stereocenters. The van der Waals surface area contributed by atoms with Crippen LogP contribution in [-0.4, -0.2) is 41.5 Å². The molecule has 0 saturated carbocycles. The largest absolute Gasteiger partial charge is 0.481 e. The van der Waals surface area contributed by atoms with Gasteiger partial charge in [-0.15, -0.1) is 0 Å². The summed E-state index contributed by atoms with van der Waals surface area (Å²) in [5.74, 6) is -1.26. The lowest BCUT2D eigenvalue weighted by Gasteiger charge is -2.24. The minimum Gasteiger partial charge on any atom is -0.481 e. The molecule has 0 aliphatic rings. The van der Waals surface area contributed by atoms with Gasteiger partial charge in [0.05, 0.1) is 5.92 Å². The summed E-state index contributed by atoms with van der Waals surface area (Å²) < 4.78 is 5.62. The molecule has 0 aromatic carbocycles. The summed E-state index contributed by atoms with van der Waals surface area (Å²) in [6.45, 7) is 8.45. The third kappa shape index (κ3) is 32.0. The van der Waals surface area contributed by atoms with Gasteiger partial charge in [0.25, 0.3) is 0 Å². The summed E-state index contributed by atoms with van der Waals surface area (Å²) in [6, 6.07) is 0. The number of esters is 1. The first-order valence-electron chi connectivity index (χ1n) is 15.4. The number of nitrogens with one attached hydrogen (secondary N) is 1. The van der Waals surface area contributed by atoms with Crippen LogP contribution < -0.4 is 11.1 Å². The van der Waals surface area contributed by atoms with E-state index in [0.29, 0.717) is 25.8 Å². The molecule has 0 rings (SSSR count). The molecular formula is C31H60N2O6. The molecule has 39 heavy (non-hydrogen) atoms. The maximum atomic E-state index is 12.7. The van der Waals surface area contributed by atoms with Crippen molar-refractivity contribution >= 4 is 24.3 Å². The number of nitrogens with two attached hydrogens (primary N) is 1. The predicted molar refractivity (Wildman–Crippen MR) is 158 cm³/mol. The highest BCUT2D eigenvalue weighted by atomic mass is 16.6. The summed E-state index contributed by atoms with van der Waals surface area (Å²) in [7, 11) is 0. The van der Waals surface area contributed by atoms with Crippen LogP contribution in [0.1, 0.15) is 156 Å². The molecule has 0 bridgehead atoms. The Morgan fingerprint density at radius 2 is 1.23 bits per heavy atom. The first-order valence-corrected chi connectivity index (χ1v) is 15.4. The maximum absolute atomic E-state index is 12.7. The molecule has 4 N–H and O–H groups in total. The fourth-order valence-electron chi connectivity index (χ4n) is 4.37. The molecule has 0 spiro atoms. The van der Waals surface area contributed by atoms with Crippen molar-refractivity contribution in [3.63, 3.8) is 0 Å². The Morgan fingerprint density at radius 1 is 0.769 bits per heavy atom. The fraction of sp³-hybridized carbons (Fsp3) is 0.871. The molecule has 1 unspecified atom stereocenters. The van der Waals surface area contributed by atoms with Crippen molar-refractivity contribution < 1.29 is 29.0 Å². The molecule has 0 aliphatic carbocycles. The summed E-state index contributed by atoms with van der Waals surface area (Å²) in [5, 5.41) is 11.6. The van der Waals surface area contributed by atoms with Gasteiger partial charge in [-0.2, -0.15) is 0 Å². The molecule has 0 aromatic heterocycles. The van der Waals surface area contributed by atoms with Crippen LogP contribution in [0.4, 0.5) is 0 Å². The number of hydrogen-bond acceptors (Lipinski definition) is 5. The number of carbonyl (C=O) groups excluding carboxylic acids is 3. The molecule has 2 amide bonds. The second kappa shape index (κ2) is 27.4. The van der Waals surface area contributed by atoms with Crippen molar-refractivity contribution in [1.29, 1.82) is 0 Å². The van der Waals surface area contributed by atoms with Crippen LogP contribution in [0.3, 0.4) is 0 Å². The Balaban J connectivity index is 0. The Morgan fingerprint density at radius 3 is 1.69 bits per heavy atom. The van der Waals surface area contributed by atoms with Crippen molar-refractivity contribution in [2.24, 2.45) is 11.7 Å². The number of carboxylic acids is 1. The van der Waals surface area contributed by atoms with Crippen molar-refractivity contribution in [2.45, 2.75) is 162 Å². The fourth-order valence-corrected chi connectivity index (χ4v) is 4.37. The number of unbranched alkanes of at least 4 members (excludes halogenated alkanes) is 14. The molecule has 230 valence electrons. The number of ether oxygens (including phenoxy) is 1. The minimum atomic E-state index is -0.782. The van der Waals surface area contributed by atoms with Crippen LogP contribution in [0.5, 0.6) is 0 Å². The molecule has 0 aromatic rings. The second-order valence-electron chi connectivity index (χ2n) is 11.5. The van der Waals surface area contributed by atoms with Gasteiger partial charge in [0, 0.05) is 19.4 Å². The van der Waals surface area contributed by atoms with Crippen LogP contribution in [0.15, 0.2) is 0 Å². The molecular weight excluding hydrogens is 496 g/mol. The summed E-state index contributed by atoms with van der Waals surface area (Å²) in [5.41, 5.74) is 3.64. The summed E-state index contributed by atoms with van der Waals surface area (Å²) in [6.07, 6.45) is 21.0. The zero-order valence-corrected chi connectivity index (χ0v) is 25.6. The zero-order chi connectivity index (χ0) is 29.8. The average Bonchev–Trinajstić information content (AvgIpc) is 2.85. The summed E-state index contributed by atoms with van der Waals surface area (Å²) in [4.78, 5) is 44.1. The van der Waals surface area contributed by atoms with E-state index in [1.807, 2.05) is 20.8 Å². The van der Waals surface area contributed by atoms with E-state index in [4.69, 9.17) is 14.6 Å². The lowest BCUT2D eigenvalue weighted by molar-refractivity contribution is -0.160. The first-order chi connectivity index (χ1) is 18.6. The second-order valence-corrected chi connectivity index (χ2v) is 11.5. The third-order valence-electron chi connectivity index (χ3n) is 6.51. The van der Waals surface area contributed by atoms with Crippen molar-refractivity contribution in [1.82, 2.24) is 5.32 Å². The molecule has 8 nitrogen and oxygen atoms in total. The van der Waals surface area contributed by atoms with Crippen LogP contribution >= 0.6 is 0 Å². The van der Waals surface area contributed by atoms with Crippen LogP contribution in [0, 0.1) is 5.92 Å². The normalized spacial score (nSPS) is 11.7. The number of primary amides is 1. The number of carboxylic acid groups (broad SMARTS) is 1. The highest BCUT2D eigenvalue weighted by Gasteiger charge is 2.25. The molecule has 0 heterocycles. The van der Waals surface area contributed by atoms with Gasteiger partial charge in [-0.1, -0.05) is 96.8 Å². The van der Waals surface area contributed by atoms with Crippen LogP contribution in [0.25, 0.3) is 0 Å². The third-order valence-corrected chi connectivity index (χ3v) is 6.51. The highest BCUT2D eigenvalue weighted by molar-refractivity contribution is 5.77. The van der Waals surface area contributed by atoms with E-state index in [1.165, 1.54) is 70.6 Å². The van der Waals surface area contributed by atoms with Crippen molar-refractivity contribution in [2.75, 3.05) is 6.54 Å². The highest BCUT2D eigenvalue weighted by Crippen LogP contribution is 2.22. The molecule has 0 fully saturated rings. The number of rotatable bonds is 24. The Hall–Kier alpha value is -2.12. The van der Waals surface area contributed by atoms with Crippen molar-refractivity contribution in [3.8, 4) is 0 Å². The van der Waals surface area contributed by atoms with Gasteiger partial charge in [-0.05, 0) is 46.5 Å². The Kier molecular flexibility index (Phi) is 27.5. The van der Waals surface area contributed by atoms with E-state index >= 15 is 0 Å². The van der Waals surface area contributed by atoms with E-state index < -0.39 is 11.6 Å². The van der Waals surface area contributed by atoms with Gasteiger partial charge >= 0.3 is 11.9 Å². The Labute approximate surface area is 238 Å². The molecule has 0 aliphatic heterocycles. The number of hydrogen-bond donors (Lipinski definition) is 3. The lowest BCUT2D eigenvalue weighted by Crippen LogP contribution is -2.30. The predicted octanol–water partition coefficient (Wildman–Crippen LogP) is 7.07. The van der Waals surface area contributed by atoms with E-state index in [-0.39, 0.29) is 30.6 Å². The lowest BCUT2D eigenvalue weighted by atomic mass is 9.95. The number of aliphatic carboxylic acids is 1. The average molecular weight is 557 g/mol. The molecule has 0 radical (unpaired) electrons. The van der Waals surface area contributed by atoms with Gasteiger partial charge in [0.2, 0.25) is 12.3 Å². The monoisotopic (exact) mass is 556 g/mol. The Bertz CT molecular complexity index is 619. The zero-order valence-electron chi connectivity index (χ0n) is 25.6. The van der Waals surface area contributed by atoms with E-state index in [9.17, 15) is 14.4 Å². The quantitative estimate of drug-likeness (QED) is 0.0661. The van der Waals surface area contributed by atoms with E-state index in [1.54, 1.807) is 0 Å². The standard InChI is InChI=1S/C30H57NO5.CH3NO/c1-5-6-7-8-9-10-11-12-13-14-15-16-18-21-26(29(35)36-30(2,3)4)23-24-27(32)31-25-20-17-19-22-28(33)34;2-1-3/h26H,5-25H2,1-4H3,(H,31,32)(H,33,34);1H,(H2,2,3). The summed E-state index contributed by atoms with van der Waals surface area (Å²) >= 11 is 0. The smallest absolute Gasteiger partial charge is 0.309 e. The van der Waals surface area contributed by atoms with Gasteiger partial charge in [-0.3, -0.25) is 19.2 Å². The van der Waals surface area contributed by atoms with Gasteiger partial charge in [0.1, 0.15) is 5.60 Å². The van der Waals surface area contributed by atoms with Crippen molar-refractivity contribution in [3.05, 3.63) is 0 Å². The van der Waals surface area contributed by atoms with Crippen LogP contribution in [-0.2, 0) is 23.9 Å². The maximum Gasteiger partial charge on any atom is 0.309 e. The van der Waals surface area contributed by atoms with E-state index in [2.05, 4.69) is 18.0 Å². The van der Waals surface area contributed by atoms with E-state index in [0.717, 1.165) is 32.1 Å². The first kappa shape index (κ1) is 39.0. The minimum absolute atomic E-state index is 0.0489. The SMILES string of the molecule is CCCCCCCCCCCCCCCC(CCC(=O)NCCCCCC(=O)O)C(=O)OC(C)(C)C.NC=O. The van der Waals surface area contributed by atoms with Gasteiger partial charge < -0.3 is 20.9 Å². The van der Waals surface area contributed by atoms with Gasteiger partial charge in [-0.25, -0.2) is 0 Å². The molecule has 0 saturated heterocycles. The molecule has 8 heteroatoms. The van der Waals surface area contributed by atoms with Crippen LogP contribution in [0.2, 0.25) is 0 Å². The number of carbonyl (C=O) groups is 4. The topological polar surface area (TPSA) is 136 Å². The number of amides is 2.